The topological polar surface area (TPSA) is 9.23 Å². The zero-order valence-electron chi connectivity index (χ0n) is 7.23. The molecule has 0 fully saturated rings. The Bertz CT molecular complexity index is 75.7. The summed E-state index contributed by atoms with van der Waals surface area (Å²) in [6.45, 7) is 8.41. The second-order valence-electron chi connectivity index (χ2n) is 3.22. The first-order valence-electron chi connectivity index (χ1n) is 3.82. The first kappa shape index (κ1) is 10.5. The van der Waals surface area contributed by atoms with Crippen molar-refractivity contribution in [1.29, 1.82) is 0 Å². The summed E-state index contributed by atoms with van der Waals surface area (Å²) in [7, 11) is -1.35. The molecule has 10 heavy (non-hydrogen) atoms. The van der Waals surface area contributed by atoms with Crippen molar-refractivity contribution < 1.29 is 4.43 Å². The molecule has 1 atom stereocenters. The summed E-state index contributed by atoms with van der Waals surface area (Å²) in [5.41, 5.74) is 0. The second kappa shape index (κ2) is 5.16. The molecule has 0 aliphatic rings. The Hall–Kier alpha value is 0.467. The third-order valence-corrected chi connectivity index (χ3v) is 4.07. The molecule has 1 unspecified atom stereocenters. The van der Waals surface area contributed by atoms with Crippen LogP contribution in [0.4, 0.5) is 0 Å². The zero-order chi connectivity index (χ0) is 8.15. The van der Waals surface area contributed by atoms with E-state index in [2.05, 4.69) is 13.8 Å². The fourth-order valence-electron chi connectivity index (χ4n) is 0.721. The van der Waals surface area contributed by atoms with Gasteiger partial charge in [-0.3, -0.25) is 0 Å². The normalized spacial score (nSPS) is 14.7. The van der Waals surface area contributed by atoms with Gasteiger partial charge in [-0.25, -0.2) is 0 Å². The Morgan fingerprint density at radius 1 is 1.30 bits per heavy atom. The number of hydrogen-bond acceptors (Lipinski definition) is 1. The molecule has 0 heterocycles. The molecule has 0 rings (SSSR count). The Morgan fingerprint density at radius 2 is 1.80 bits per heavy atom. The number of hydrogen-bond donors (Lipinski definition) is 0. The molecule has 62 valence electrons. The third-order valence-electron chi connectivity index (χ3n) is 1.08. The highest BCUT2D eigenvalue weighted by atomic mass is 35.6. The molecule has 0 aromatic rings. The minimum Gasteiger partial charge on any atom is -0.403 e. The Labute approximate surface area is 70.2 Å². The first-order chi connectivity index (χ1) is 4.52. The predicted molar refractivity (Wildman–Crippen MR) is 48.9 cm³/mol. The average Bonchev–Trinajstić information content (AvgIpc) is 1.58. The highest BCUT2D eigenvalue weighted by Crippen LogP contribution is 2.10. The van der Waals surface area contributed by atoms with Crippen LogP contribution in [0.25, 0.3) is 0 Å². The Kier molecular flexibility index (Phi) is 5.40. The van der Waals surface area contributed by atoms with Crippen LogP contribution in [0.1, 0.15) is 27.7 Å². The lowest BCUT2D eigenvalue weighted by atomic mass is 10.3. The van der Waals surface area contributed by atoms with Crippen molar-refractivity contribution in [3.05, 3.63) is 0 Å². The lowest BCUT2D eigenvalue weighted by Crippen LogP contribution is -2.17. The largest absolute Gasteiger partial charge is 0.403 e. The maximum atomic E-state index is 5.99. The predicted octanol–water partition coefficient (Wildman–Crippen LogP) is 2.53. The summed E-state index contributed by atoms with van der Waals surface area (Å²) in [5.74, 6) is 0.674. The van der Waals surface area contributed by atoms with Crippen LogP contribution in [0.5, 0.6) is 0 Å². The van der Waals surface area contributed by atoms with E-state index in [1.807, 2.05) is 13.8 Å². The fourth-order valence-corrected chi connectivity index (χ4v) is 3.85. The molecule has 0 N–H and O–H groups in total. The van der Waals surface area contributed by atoms with Gasteiger partial charge < -0.3 is 4.43 Å². The molecule has 0 aromatic heterocycles. The summed E-state index contributed by atoms with van der Waals surface area (Å²) in [6.07, 6.45) is 0.299. The molecular formula is C7H17ClOSi. The summed E-state index contributed by atoms with van der Waals surface area (Å²) >= 11 is 5.99. The average molecular weight is 181 g/mol. The quantitative estimate of drug-likeness (QED) is 0.478. The zero-order valence-corrected chi connectivity index (χ0v) is 9.14. The highest BCUT2D eigenvalue weighted by Gasteiger charge is 2.11. The van der Waals surface area contributed by atoms with Gasteiger partial charge in [-0.2, -0.15) is 0 Å². The van der Waals surface area contributed by atoms with Gasteiger partial charge in [-0.15, -0.1) is 11.1 Å². The number of halogens is 1. The minimum atomic E-state index is -1.35. The molecule has 0 aliphatic carbocycles. The van der Waals surface area contributed by atoms with Gasteiger partial charge >= 0.3 is 0 Å². The lowest BCUT2D eigenvalue weighted by molar-refractivity contribution is 0.248. The molecule has 0 radical (unpaired) electrons. The Morgan fingerprint density at radius 3 is 2.10 bits per heavy atom. The smallest absolute Gasteiger partial charge is 0.274 e. The van der Waals surface area contributed by atoms with E-state index in [1.165, 1.54) is 0 Å². The van der Waals surface area contributed by atoms with Crippen LogP contribution in [0.15, 0.2) is 0 Å². The Balaban J connectivity index is 3.34. The molecule has 0 spiro atoms. The van der Waals surface area contributed by atoms with E-state index in [1.54, 1.807) is 0 Å². The standard InChI is InChI=1S/C7H17ClOSi/c1-6(2)5-10(8)9-7(3)4/h6-7,10H,5H2,1-4H3. The SMILES string of the molecule is CC(C)C[SiH](Cl)OC(C)C. The molecule has 0 saturated carbocycles. The van der Waals surface area contributed by atoms with E-state index >= 15 is 0 Å². The fraction of sp³-hybridized carbons (Fsp3) is 1.00. The van der Waals surface area contributed by atoms with Crippen molar-refractivity contribution in [3.8, 4) is 0 Å². The van der Waals surface area contributed by atoms with E-state index in [-0.39, 0.29) is 0 Å². The second-order valence-corrected chi connectivity index (χ2v) is 6.25. The van der Waals surface area contributed by atoms with Crippen molar-refractivity contribution in [2.24, 2.45) is 5.92 Å². The van der Waals surface area contributed by atoms with Gasteiger partial charge in [0, 0.05) is 6.10 Å². The van der Waals surface area contributed by atoms with Gasteiger partial charge in [0.25, 0.3) is 8.35 Å². The van der Waals surface area contributed by atoms with Crippen LogP contribution in [0, 0.1) is 5.92 Å². The summed E-state index contributed by atoms with van der Waals surface area (Å²) in [6, 6.07) is 1.07. The van der Waals surface area contributed by atoms with Gasteiger partial charge in [-0.05, 0) is 25.8 Å². The summed E-state index contributed by atoms with van der Waals surface area (Å²) in [4.78, 5) is 0. The molecule has 1 nitrogen and oxygen atoms in total. The van der Waals surface area contributed by atoms with Crippen molar-refractivity contribution in [2.45, 2.75) is 39.8 Å². The van der Waals surface area contributed by atoms with Crippen LogP contribution < -0.4 is 0 Å². The molecule has 3 heteroatoms. The van der Waals surface area contributed by atoms with Crippen molar-refractivity contribution in [3.63, 3.8) is 0 Å². The van der Waals surface area contributed by atoms with Crippen molar-refractivity contribution in [2.75, 3.05) is 0 Å². The van der Waals surface area contributed by atoms with Gasteiger partial charge in [0.05, 0.1) is 0 Å². The van der Waals surface area contributed by atoms with Crippen molar-refractivity contribution >= 4 is 19.4 Å². The van der Waals surface area contributed by atoms with E-state index in [9.17, 15) is 0 Å². The molecule has 0 aromatic carbocycles. The maximum Gasteiger partial charge on any atom is 0.274 e. The van der Waals surface area contributed by atoms with Crippen LogP contribution in [0.3, 0.4) is 0 Å². The highest BCUT2D eigenvalue weighted by molar-refractivity contribution is 7.03. The van der Waals surface area contributed by atoms with E-state index in [0.29, 0.717) is 12.0 Å². The minimum absolute atomic E-state index is 0.299. The van der Waals surface area contributed by atoms with Crippen LogP contribution >= 0.6 is 11.1 Å². The van der Waals surface area contributed by atoms with Crippen LogP contribution in [0.2, 0.25) is 6.04 Å². The van der Waals surface area contributed by atoms with Crippen molar-refractivity contribution in [1.82, 2.24) is 0 Å². The first-order valence-corrected chi connectivity index (χ1v) is 6.85. The van der Waals surface area contributed by atoms with Gasteiger partial charge in [0.2, 0.25) is 0 Å². The lowest BCUT2D eigenvalue weighted by Gasteiger charge is -2.13. The van der Waals surface area contributed by atoms with Gasteiger partial charge in [0.15, 0.2) is 0 Å². The van der Waals surface area contributed by atoms with E-state index in [4.69, 9.17) is 15.5 Å². The van der Waals surface area contributed by atoms with Crippen LogP contribution in [-0.4, -0.2) is 14.5 Å². The summed E-state index contributed by atoms with van der Waals surface area (Å²) in [5, 5.41) is 0. The third kappa shape index (κ3) is 6.58. The summed E-state index contributed by atoms with van der Waals surface area (Å²) < 4.78 is 5.47. The van der Waals surface area contributed by atoms with Gasteiger partial charge in [-0.1, -0.05) is 13.8 Å². The van der Waals surface area contributed by atoms with E-state index < -0.39 is 8.35 Å². The molecule has 0 amide bonds. The molecule has 0 bridgehead atoms. The molecule has 0 saturated heterocycles. The number of rotatable bonds is 4. The molecule has 0 aliphatic heterocycles. The van der Waals surface area contributed by atoms with E-state index in [0.717, 1.165) is 6.04 Å². The van der Waals surface area contributed by atoms with Crippen LogP contribution in [-0.2, 0) is 4.43 Å². The monoisotopic (exact) mass is 180 g/mol. The maximum absolute atomic E-state index is 5.99. The van der Waals surface area contributed by atoms with Gasteiger partial charge in [0.1, 0.15) is 0 Å². The molecular weight excluding hydrogens is 164 g/mol.